The molecule has 2 unspecified atom stereocenters. The maximum atomic E-state index is 14.3. The normalized spacial score (nSPS) is 15.9. The molecule has 2 amide bonds. The molecule has 1 aliphatic carbocycles. The quantitative estimate of drug-likeness (QED) is 0.223. The highest BCUT2D eigenvalue weighted by molar-refractivity contribution is 5.94. The molecule has 5 rings (SSSR count). The molecule has 42 heavy (non-hydrogen) atoms. The monoisotopic (exact) mass is 573 g/mol. The lowest BCUT2D eigenvalue weighted by Gasteiger charge is -2.28. The molecule has 9 heteroatoms. The summed E-state index contributed by atoms with van der Waals surface area (Å²) in [6.07, 6.45) is 2.18. The fourth-order valence-corrected chi connectivity index (χ4v) is 5.96. The smallest absolute Gasteiger partial charge is 0.326 e. The highest BCUT2D eigenvalue weighted by Crippen LogP contribution is 2.36. The minimum absolute atomic E-state index is 0.0720. The Labute approximate surface area is 242 Å². The molecular weight excluding hydrogens is 540 g/mol. The molecule has 1 aliphatic rings. The number of nitrogens with zero attached hydrogens (tertiary/aromatic N) is 1. The predicted octanol–water partition coefficient (Wildman–Crippen LogP) is 5.82. The van der Waals surface area contributed by atoms with Gasteiger partial charge < -0.3 is 20.3 Å². The molecule has 3 N–H and O–H groups in total. The lowest BCUT2D eigenvalue weighted by Crippen LogP contribution is -2.43. The van der Waals surface area contributed by atoms with Gasteiger partial charge in [0.15, 0.2) is 0 Å². The van der Waals surface area contributed by atoms with Crippen LogP contribution in [0.15, 0.2) is 72.8 Å². The van der Waals surface area contributed by atoms with Crippen LogP contribution in [-0.4, -0.2) is 33.5 Å². The van der Waals surface area contributed by atoms with Gasteiger partial charge in [0, 0.05) is 34.7 Å². The van der Waals surface area contributed by atoms with Crippen LogP contribution in [0, 0.1) is 17.6 Å². The first-order valence-electron chi connectivity index (χ1n) is 14.2. The molecule has 0 saturated heterocycles. The number of hydrogen-bond acceptors (Lipinski definition) is 3. The third kappa shape index (κ3) is 6.35. The minimum atomic E-state index is -0.945. The Morgan fingerprint density at radius 3 is 2.40 bits per heavy atom. The summed E-state index contributed by atoms with van der Waals surface area (Å²) in [6, 6.07) is 18.2. The van der Waals surface area contributed by atoms with Gasteiger partial charge in [-0.05, 0) is 85.7 Å². The van der Waals surface area contributed by atoms with Gasteiger partial charge in [0.2, 0.25) is 11.8 Å². The minimum Gasteiger partial charge on any atom is -0.480 e. The van der Waals surface area contributed by atoms with Crippen LogP contribution in [0.1, 0.15) is 49.0 Å². The summed E-state index contributed by atoms with van der Waals surface area (Å²) in [5.74, 6) is -3.06. The van der Waals surface area contributed by atoms with Crippen LogP contribution in [0.25, 0.3) is 10.9 Å². The highest BCUT2D eigenvalue weighted by Gasteiger charge is 2.32. The molecule has 0 spiro atoms. The molecule has 0 fully saturated rings. The number of aliphatic carboxylic acids is 1. The van der Waals surface area contributed by atoms with Gasteiger partial charge in [0.25, 0.3) is 0 Å². The number of hydrogen-bond donors (Lipinski definition) is 3. The Balaban J connectivity index is 1.37. The number of fused-ring (bicyclic) bond motifs is 3. The summed E-state index contributed by atoms with van der Waals surface area (Å²) >= 11 is 0. The first-order chi connectivity index (χ1) is 20.2. The predicted molar refractivity (Wildman–Crippen MR) is 156 cm³/mol. The number of carboxylic acid groups (broad SMARTS) is 1. The molecule has 0 bridgehead atoms. The third-order valence-electron chi connectivity index (χ3n) is 7.95. The maximum absolute atomic E-state index is 14.3. The topological polar surface area (TPSA) is 100 Å². The van der Waals surface area contributed by atoms with Crippen molar-refractivity contribution >= 4 is 34.4 Å². The van der Waals surface area contributed by atoms with Crippen molar-refractivity contribution in [3.05, 3.63) is 101 Å². The number of nitrogens with one attached hydrogen (secondary N) is 2. The second kappa shape index (κ2) is 12.5. The fourth-order valence-electron chi connectivity index (χ4n) is 5.96. The average molecular weight is 574 g/mol. The molecule has 0 saturated carbocycles. The van der Waals surface area contributed by atoms with Gasteiger partial charge >= 0.3 is 5.97 Å². The second-order valence-electron chi connectivity index (χ2n) is 10.8. The zero-order valence-electron chi connectivity index (χ0n) is 23.3. The zero-order chi connectivity index (χ0) is 29.8. The van der Waals surface area contributed by atoms with Crippen molar-refractivity contribution < 1.29 is 28.3 Å². The average Bonchev–Trinajstić information content (AvgIpc) is 3.27. The van der Waals surface area contributed by atoms with Gasteiger partial charge in [0.05, 0.1) is 5.92 Å². The van der Waals surface area contributed by atoms with Gasteiger partial charge in [-0.25, -0.2) is 13.6 Å². The second-order valence-corrected chi connectivity index (χ2v) is 10.8. The molecule has 0 aliphatic heterocycles. The SMILES string of the molecule is CCC(C(=O)O)n1c2c(c3cc(F)ccc31)C[C@@H](NC(=O)C(CC(=O)Nc1ccc(F)cc1)Cc1ccccc1)CC2. The van der Waals surface area contributed by atoms with Crippen molar-refractivity contribution in [2.45, 2.75) is 57.5 Å². The van der Waals surface area contributed by atoms with E-state index in [-0.39, 0.29) is 24.3 Å². The molecule has 218 valence electrons. The molecule has 0 radical (unpaired) electrons. The van der Waals surface area contributed by atoms with Crippen molar-refractivity contribution in [2.75, 3.05) is 5.32 Å². The number of carboxylic acids is 1. The Morgan fingerprint density at radius 1 is 1.00 bits per heavy atom. The Hall–Kier alpha value is -4.53. The van der Waals surface area contributed by atoms with Crippen LogP contribution >= 0.6 is 0 Å². The van der Waals surface area contributed by atoms with E-state index in [0.29, 0.717) is 48.7 Å². The van der Waals surface area contributed by atoms with Gasteiger partial charge in [-0.3, -0.25) is 9.59 Å². The Bertz CT molecular complexity index is 1600. The van der Waals surface area contributed by atoms with Gasteiger partial charge in [0.1, 0.15) is 17.7 Å². The van der Waals surface area contributed by atoms with E-state index in [9.17, 15) is 28.3 Å². The highest BCUT2D eigenvalue weighted by atomic mass is 19.1. The van der Waals surface area contributed by atoms with Crippen LogP contribution in [0.5, 0.6) is 0 Å². The van der Waals surface area contributed by atoms with Crippen LogP contribution in [0.3, 0.4) is 0 Å². The molecule has 7 nitrogen and oxygen atoms in total. The Morgan fingerprint density at radius 2 is 1.71 bits per heavy atom. The molecule has 4 aromatic rings. The van der Waals surface area contributed by atoms with Crippen LogP contribution in [0.4, 0.5) is 14.5 Å². The molecule has 3 aromatic carbocycles. The van der Waals surface area contributed by atoms with E-state index in [2.05, 4.69) is 10.6 Å². The van der Waals surface area contributed by atoms with Crippen LogP contribution < -0.4 is 10.6 Å². The third-order valence-corrected chi connectivity index (χ3v) is 7.95. The van der Waals surface area contributed by atoms with Gasteiger partial charge in [-0.15, -0.1) is 0 Å². The van der Waals surface area contributed by atoms with Gasteiger partial charge in [-0.1, -0.05) is 37.3 Å². The first-order valence-corrected chi connectivity index (χ1v) is 14.2. The molecule has 1 heterocycles. The number of rotatable bonds is 10. The molecule has 3 atom stereocenters. The van der Waals surface area contributed by atoms with E-state index in [4.69, 9.17) is 0 Å². The first kappa shape index (κ1) is 29.0. The Kier molecular flexibility index (Phi) is 8.66. The number of amides is 2. The lowest BCUT2D eigenvalue weighted by molar-refractivity contribution is -0.141. The van der Waals surface area contributed by atoms with Crippen molar-refractivity contribution in [2.24, 2.45) is 5.92 Å². The van der Waals surface area contributed by atoms with E-state index < -0.39 is 29.6 Å². The largest absolute Gasteiger partial charge is 0.480 e. The van der Waals surface area contributed by atoms with E-state index >= 15 is 0 Å². The number of benzene rings is 3. The van der Waals surface area contributed by atoms with Crippen molar-refractivity contribution in [1.82, 2.24) is 9.88 Å². The standard InChI is InChI=1S/C33H33F2N3O4/c1-2-28(33(41)42)38-29-14-10-23(35)18-26(29)27-19-25(13-15-30(27)38)37-32(40)21(16-20-6-4-3-5-7-20)17-31(39)36-24-11-8-22(34)9-12-24/h3-12,14,18,21,25,28H,2,13,15-17,19H2,1H3,(H,36,39)(H,37,40)(H,41,42)/t21?,25-,28?/m0/s1. The summed E-state index contributed by atoms with van der Waals surface area (Å²) in [4.78, 5) is 38.6. The van der Waals surface area contributed by atoms with E-state index in [1.807, 2.05) is 41.8 Å². The number of halogens is 2. The van der Waals surface area contributed by atoms with Crippen molar-refractivity contribution in [3.8, 4) is 0 Å². The van der Waals surface area contributed by atoms with Crippen molar-refractivity contribution in [1.29, 1.82) is 0 Å². The maximum Gasteiger partial charge on any atom is 0.326 e. The number of anilines is 1. The number of aromatic nitrogens is 1. The van der Waals surface area contributed by atoms with Crippen molar-refractivity contribution in [3.63, 3.8) is 0 Å². The summed E-state index contributed by atoms with van der Waals surface area (Å²) in [5.41, 5.74) is 3.72. The molecular formula is C33H33F2N3O4. The summed E-state index contributed by atoms with van der Waals surface area (Å²) in [7, 11) is 0. The van der Waals surface area contributed by atoms with Gasteiger partial charge in [-0.2, -0.15) is 0 Å². The summed E-state index contributed by atoms with van der Waals surface area (Å²) in [6.45, 7) is 1.81. The zero-order valence-corrected chi connectivity index (χ0v) is 23.3. The number of carbonyl (C=O) groups is 3. The fraction of sp³-hybridized carbons (Fsp3) is 0.303. The molecule has 1 aromatic heterocycles. The van der Waals surface area contributed by atoms with Crippen LogP contribution in [-0.2, 0) is 33.6 Å². The summed E-state index contributed by atoms with van der Waals surface area (Å²) in [5, 5.41) is 16.4. The van der Waals surface area contributed by atoms with E-state index in [0.717, 1.165) is 16.8 Å². The van der Waals surface area contributed by atoms with E-state index in [1.54, 1.807) is 6.07 Å². The van der Waals surface area contributed by atoms with E-state index in [1.165, 1.54) is 36.4 Å². The number of carbonyl (C=O) groups excluding carboxylic acids is 2. The summed E-state index contributed by atoms with van der Waals surface area (Å²) < 4.78 is 29.4. The van der Waals surface area contributed by atoms with Crippen LogP contribution in [0.2, 0.25) is 0 Å². The lowest BCUT2D eigenvalue weighted by atomic mass is 9.89.